The summed E-state index contributed by atoms with van der Waals surface area (Å²) in [5.41, 5.74) is 0.156. The van der Waals surface area contributed by atoms with Crippen LogP contribution in [0.5, 0.6) is 11.5 Å². The molecule has 1 rings (SSSR count). The van der Waals surface area contributed by atoms with Gasteiger partial charge in [0.05, 0.1) is 24.9 Å². The van der Waals surface area contributed by atoms with E-state index in [1.165, 1.54) is 14.2 Å². The molecule has 106 valence electrons. The van der Waals surface area contributed by atoms with Crippen LogP contribution in [-0.4, -0.2) is 25.8 Å². The number of urea groups is 1. The second-order valence-electron chi connectivity index (χ2n) is 5.02. The van der Waals surface area contributed by atoms with Gasteiger partial charge in [0.1, 0.15) is 11.5 Å². The Morgan fingerprint density at radius 1 is 1.16 bits per heavy atom. The molecule has 0 saturated heterocycles. The van der Waals surface area contributed by atoms with Crippen molar-refractivity contribution in [3.8, 4) is 11.5 Å². The number of carbonyl (C=O) groups excluding carboxylic acids is 1. The Bertz CT molecular complexity index is 470. The molecule has 0 saturated carbocycles. The Hall–Kier alpha value is -1.62. The van der Waals surface area contributed by atoms with Gasteiger partial charge < -0.3 is 20.1 Å². The minimum absolute atomic E-state index is 0.326. The maximum atomic E-state index is 11.8. The summed E-state index contributed by atoms with van der Waals surface area (Å²) in [7, 11) is 3.02. The van der Waals surface area contributed by atoms with Crippen molar-refractivity contribution in [3.63, 3.8) is 0 Å². The van der Waals surface area contributed by atoms with E-state index in [1.54, 1.807) is 12.1 Å². The largest absolute Gasteiger partial charge is 0.495 e. The minimum atomic E-state index is -0.327. The number of nitrogens with one attached hydrogen (secondary N) is 2. The van der Waals surface area contributed by atoms with Crippen LogP contribution in [-0.2, 0) is 0 Å². The lowest BCUT2D eigenvalue weighted by atomic mass is 10.1. The maximum Gasteiger partial charge on any atom is 0.319 e. The molecule has 0 aliphatic rings. The van der Waals surface area contributed by atoms with Crippen LogP contribution in [0.3, 0.4) is 0 Å². The zero-order chi connectivity index (χ0) is 14.6. The van der Waals surface area contributed by atoms with Gasteiger partial charge in [-0.2, -0.15) is 0 Å². The zero-order valence-electron chi connectivity index (χ0n) is 11.8. The van der Waals surface area contributed by atoms with Crippen LogP contribution in [0.4, 0.5) is 10.5 Å². The first-order valence-corrected chi connectivity index (χ1v) is 6.15. The monoisotopic (exact) mass is 286 g/mol. The van der Waals surface area contributed by atoms with Crippen molar-refractivity contribution in [2.75, 3.05) is 19.5 Å². The minimum Gasteiger partial charge on any atom is -0.495 e. The van der Waals surface area contributed by atoms with Gasteiger partial charge in [-0.1, -0.05) is 11.6 Å². The smallest absolute Gasteiger partial charge is 0.319 e. The van der Waals surface area contributed by atoms with Crippen molar-refractivity contribution in [2.24, 2.45) is 0 Å². The van der Waals surface area contributed by atoms with Crippen molar-refractivity contribution in [3.05, 3.63) is 17.2 Å². The van der Waals surface area contributed by atoms with Crippen LogP contribution < -0.4 is 20.1 Å². The molecule has 0 atom stereocenters. The van der Waals surface area contributed by atoms with Gasteiger partial charge in [0, 0.05) is 11.6 Å². The Morgan fingerprint density at radius 2 is 1.74 bits per heavy atom. The highest BCUT2D eigenvalue weighted by Gasteiger charge is 2.16. The molecule has 0 heterocycles. The SMILES string of the molecule is COc1cc(OC)c(NC(=O)NC(C)(C)C)cc1Cl. The first-order valence-electron chi connectivity index (χ1n) is 5.77. The normalized spacial score (nSPS) is 10.8. The summed E-state index contributed by atoms with van der Waals surface area (Å²) >= 11 is 6.02. The van der Waals surface area contributed by atoms with Crippen LogP contribution in [0.25, 0.3) is 0 Å². The number of rotatable bonds is 3. The molecule has 0 aliphatic heterocycles. The van der Waals surface area contributed by atoms with Gasteiger partial charge >= 0.3 is 6.03 Å². The molecular weight excluding hydrogens is 268 g/mol. The van der Waals surface area contributed by atoms with E-state index in [2.05, 4.69) is 10.6 Å². The van der Waals surface area contributed by atoms with Crippen molar-refractivity contribution in [2.45, 2.75) is 26.3 Å². The van der Waals surface area contributed by atoms with Crippen LogP contribution in [0.15, 0.2) is 12.1 Å². The fraction of sp³-hybridized carbons (Fsp3) is 0.462. The van der Waals surface area contributed by atoms with E-state index in [1.807, 2.05) is 20.8 Å². The average molecular weight is 287 g/mol. The summed E-state index contributed by atoms with van der Waals surface area (Å²) in [4.78, 5) is 11.8. The van der Waals surface area contributed by atoms with E-state index in [0.29, 0.717) is 22.2 Å². The quantitative estimate of drug-likeness (QED) is 0.896. The molecule has 0 radical (unpaired) electrons. The third kappa shape index (κ3) is 4.52. The third-order valence-corrected chi connectivity index (χ3v) is 2.51. The molecule has 2 amide bonds. The lowest BCUT2D eigenvalue weighted by Crippen LogP contribution is -2.43. The van der Waals surface area contributed by atoms with Crippen LogP contribution in [0.1, 0.15) is 20.8 Å². The molecule has 0 fully saturated rings. The van der Waals surface area contributed by atoms with E-state index < -0.39 is 0 Å². The van der Waals surface area contributed by atoms with Crippen molar-refractivity contribution in [1.29, 1.82) is 0 Å². The third-order valence-electron chi connectivity index (χ3n) is 2.21. The fourth-order valence-corrected chi connectivity index (χ4v) is 1.69. The molecule has 5 nitrogen and oxygen atoms in total. The molecule has 1 aromatic rings. The van der Waals surface area contributed by atoms with E-state index in [9.17, 15) is 4.79 Å². The summed E-state index contributed by atoms with van der Waals surface area (Å²) in [5.74, 6) is 0.964. The van der Waals surface area contributed by atoms with Crippen LogP contribution in [0, 0.1) is 0 Å². The van der Waals surface area contributed by atoms with Gasteiger partial charge in [-0.15, -0.1) is 0 Å². The lowest BCUT2D eigenvalue weighted by molar-refractivity contribution is 0.243. The highest BCUT2D eigenvalue weighted by atomic mass is 35.5. The Labute approximate surface area is 118 Å². The van der Waals surface area contributed by atoms with Gasteiger partial charge in [0.2, 0.25) is 0 Å². The molecule has 0 aliphatic carbocycles. The van der Waals surface area contributed by atoms with Gasteiger partial charge in [-0.05, 0) is 26.8 Å². The van der Waals surface area contributed by atoms with Gasteiger partial charge in [-0.3, -0.25) is 0 Å². The topological polar surface area (TPSA) is 59.6 Å². The molecule has 0 spiro atoms. The Balaban J connectivity index is 2.94. The standard InChI is InChI=1S/C13H19ClN2O3/c1-13(2,3)16-12(17)15-9-6-8(14)10(18-4)7-11(9)19-5/h6-7H,1-5H3,(H2,15,16,17). The number of anilines is 1. The number of halogens is 1. The number of benzene rings is 1. The number of ether oxygens (including phenoxy) is 2. The first kappa shape index (κ1) is 15.4. The number of methoxy groups -OCH3 is 2. The van der Waals surface area contributed by atoms with Crippen LogP contribution in [0.2, 0.25) is 5.02 Å². The van der Waals surface area contributed by atoms with Crippen molar-refractivity contribution < 1.29 is 14.3 Å². The van der Waals surface area contributed by atoms with Gasteiger partial charge in [-0.25, -0.2) is 4.79 Å². The van der Waals surface area contributed by atoms with Crippen molar-refractivity contribution in [1.82, 2.24) is 5.32 Å². The summed E-state index contributed by atoms with van der Waals surface area (Å²) < 4.78 is 10.3. The molecule has 0 aromatic heterocycles. The zero-order valence-corrected chi connectivity index (χ0v) is 12.5. The number of amides is 2. The van der Waals surface area contributed by atoms with E-state index in [4.69, 9.17) is 21.1 Å². The summed E-state index contributed by atoms with van der Waals surface area (Å²) in [6.07, 6.45) is 0. The van der Waals surface area contributed by atoms with Crippen molar-refractivity contribution >= 4 is 23.3 Å². The molecule has 2 N–H and O–H groups in total. The highest BCUT2D eigenvalue weighted by molar-refractivity contribution is 6.32. The predicted molar refractivity (Wildman–Crippen MR) is 76.5 cm³/mol. The summed E-state index contributed by atoms with van der Waals surface area (Å²) in [6.45, 7) is 5.68. The Kier molecular flexibility index (Phi) is 4.89. The molecular formula is C13H19ClN2O3. The molecule has 6 heteroatoms. The highest BCUT2D eigenvalue weighted by Crippen LogP contribution is 2.35. The Morgan fingerprint density at radius 3 is 2.21 bits per heavy atom. The van der Waals surface area contributed by atoms with Gasteiger partial charge in [0.15, 0.2) is 0 Å². The maximum absolute atomic E-state index is 11.8. The first-order chi connectivity index (χ1) is 8.76. The number of carbonyl (C=O) groups is 1. The average Bonchev–Trinajstić information content (AvgIpc) is 2.26. The number of hydrogen-bond donors (Lipinski definition) is 2. The predicted octanol–water partition coefficient (Wildman–Crippen LogP) is 3.28. The van der Waals surface area contributed by atoms with E-state index >= 15 is 0 Å². The summed E-state index contributed by atoms with van der Waals surface area (Å²) in [5, 5.41) is 5.88. The van der Waals surface area contributed by atoms with Crippen LogP contribution >= 0.6 is 11.6 Å². The summed E-state index contributed by atoms with van der Waals surface area (Å²) in [6, 6.07) is 2.88. The second-order valence-corrected chi connectivity index (χ2v) is 5.42. The second kappa shape index (κ2) is 6.02. The fourth-order valence-electron chi connectivity index (χ4n) is 1.45. The van der Waals surface area contributed by atoms with Gasteiger partial charge in [0.25, 0.3) is 0 Å². The molecule has 0 bridgehead atoms. The molecule has 0 unspecified atom stereocenters. The van der Waals surface area contributed by atoms with E-state index in [-0.39, 0.29) is 11.6 Å². The molecule has 1 aromatic carbocycles. The lowest BCUT2D eigenvalue weighted by Gasteiger charge is -2.21. The van der Waals surface area contributed by atoms with E-state index in [0.717, 1.165) is 0 Å². The number of hydrogen-bond acceptors (Lipinski definition) is 3. The molecule has 19 heavy (non-hydrogen) atoms.